The van der Waals surface area contributed by atoms with Crippen molar-refractivity contribution in [1.29, 1.82) is 0 Å². The highest BCUT2D eigenvalue weighted by molar-refractivity contribution is 7.13. The maximum Gasteiger partial charge on any atom is 0.271 e. The number of benzene rings is 1. The standard InChI is InChI=1S/C20H19ClN4O3S/c21-14-4-5-16(18(11-14)24-7-9-28-10-8-24)20-23-17(13-29-20)19(26)22-12-15-3-1-2-6-25(15)27/h1-6,11,13H,7-10,12H2,(H,22,26). The molecule has 0 aliphatic carbocycles. The van der Waals surface area contributed by atoms with Gasteiger partial charge in [0.15, 0.2) is 6.20 Å². The van der Waals surface area contributed by atoms with Gasteiger partial charge in [-0.3, -0.25) is 4.79 Å². The van der Waals surface area contributed by atoms with Gasteiger partial charge in [-0.05, 0) is 24.3 Å². The van der Waals surface area contributed by atoms with E-state index in [1.165, 1.54) is 17.5 Å². The van der Waals surface area contributed by atoms with E-state index in [2.05, 4.69) is 15.2 Å². The van der Waals surface area contributed by atoms with Crippen LogP contribution in [0.3, 0.4) is 0 Å². The van der Waals surface area contributed by atoms with Gasteiger partial charge < -0.3 is 20.2 Å². The Morgan fingerprint density at radius 3 is 2.93 bits per heavy atom. The molecule has 3 aromatic rings. The highest BCUT2D eigenvalue weighted by Gasteiger charge is 2.20. The van der Waals surface area contributed by atoms with Crippen molar-refractivity contribution in [2.24, 2.45) is 0 Å². The van der Waals surface area contributed by atoms with Gasteiger partial charge >= 0.3 is 0 Å². The van der Waals surface area contributed by atoms with Crippen molar-refractivity contribution in [2.75, 3.05) is 31.2 Å². The number of carbonyl (C=O) groups is 1. The Bertz CT molecular complexity index is 1020. The predicted molar refractivity (Wildman–Crippen MR) is 112 cm³/mol. The predicted octanol–water partition coefficient (Wildman–Crippen LogP) is 2.86. The van der Waals surface area contributed by atoms with Crippen molar-refractivity contribution in [1.82, 2.24) is 10.3 Å². The van der Waals surface area contributed by atoms with Gasteiger partial charge in [0.05, 0.1) is 13.2 Å². The fourth-order valence-electron chi connectivity index (χ4n) is 3.12. The molecule has 0 radical (unpaired) electrons. The summed E-state index contributed by atoms with van der Waals surface area (Å²) < 4.78 is 6.17. The summed E-state index contributed by atoms with van der Waals surface area (Å²) >= 11 is 7.62. The summed E-state index contributed by atoms with van der Waals surface area (Å²) in [5.74, 6) is -0.321. The Hall–Kier alpha value is -2.68. The van der Waals surface area contributed by atoms with Crippen LogP contribution < -0.4 is 14.9 Å². The van der Waals surface area contributed by atoms with Crippen LogP contribution in [-0.2, 0) is 11.3 Å². The topological polar surface area (TPSA) is 81.4 Å². The minimum Gasteiger partial charge on any atom is -0.618 e. The largest absolute Gasteiger partial charge is 0.618 e. The first-order valence-corrected chi connectivity index (χ1v) is 10.4. The zero-order valence-corrected chi connectivity index (χ0v) is 17.1. The molecule has 4 rings (SSSR count). The van der Waals surface area contributed by atoms with Gasteiger partial charge in [0.2, 0.25) is 5.69 Å². The molecule has 1 N–H and O–H groups in total. The molecular weight excluding hydrogens is 412 g/mol. The lowest BCUT2D eigenvalue weighted by molar-refractivity contribution is -0.614. The second-order valence-electron chi connectivity index (χ2n) is 6.50. The van der Waals surface area contributed by atoms with Crippen molar-refractivity contribution in [2.45, 2.75) is 6.54 Å². The van der Waals surface area contributed by atoms with E-state index in [1.807, 2.05) is 18.2 Å². The van der Waals surface area contributed by atoms with Crippen LogP contribution in [0.1, 0.15) is 16.2 Å². The van der Waals surface area contributed by atoms with Crippen LogP contribution in [0.5, 0.6) is 0 Å². The van der Waals surface area contributed by atoms with E-state index < -0.39 is 0 Å². The lowest BCUT2D eigenvalue weighted by Gasteiger charge is -2.30. The first-order chi connectivity index (χ1) is 14.1. The summed E-state index contributed by atoms with van der Waals surface area (Å²) in [4.78, 5) is 19.2. The number of hydrogen-bond acceptors (Lipinski definition) is 6. The van der Waals surface area contributed by atoms with Crippen molar-refractivity contribution >= 4 is 34.5 Å². The van der Waals surface area contributed by atoms with Crippen LogP contribution in [0.15, 0.2) is 48.0 Å². The zero-order valence-electron chi connectivity index (χ0n) is 15.5. The summed E-state index contributed by atoms with van der Waals surface area (Å²) in [7, 11) is 0. The van der Waals surface area contributed by atoms with E-state index in [9.17, 15) is 10.0 Å². The van der Waals surface area contributed by atoms with Gasteiger partial charge in [-0.25, -0.2) is 4.98 Å². The van der Waals surface area contributed by atoms with Gasteiger partial charge in [0.1, 0.15) is 17.2 Å². The number of nitrogens with one attached hydrogen (secondary N) is 1. The Balaban J connectivity index is 1.53. The van der Waals surface area contributed by atoms with Crippen LogP contribution in [0.4, 0.5) is 5.69 Å². The third-order valence-corrected chi connectivity index (χ3v) is 5.72. The number of hydrogen-bond donors (Lipinski definition) is 1. The van der Waals surface area contributed by atoms with E-state index in [4.69, 9.17) is 16.3 Å². The number of nitrogens with zero attached hydrogens (tertiary/aromatic N) is 3. The summed E-state index contributed by atoms with van der Waals surface area (Å²) in [6.45, 7) is 3.01. The van der Waals surface area contributed by atoms with Crippen LogP contribution >= 0.6 is 22.9 Å². The van der Waals surface area contributed by atoms with Crippen LogP contribution in [-0.4, -0.2) is 37.2 Å². The maximum absolute atomic E-state index is 12.5. The molecule has 0 bridgehead atoms. The molecule has 2 aromatic heterocycles. The fourth-order valence-corrected chi connectivity index (χ4v) is 4.12. The number of amides is 1. The Kier molecular flexibility index (Phi) is 5.94. The molecule has 1 amide bonds. The van der Waals surface area contributed by atoms with Gasteiger partial charge in [0, 0.05) is 46.9 Å². The number of rotatable bonds is 5. The lowest BCUT2D eigenvalue weighted by Crippen LogP contribution is -2.36. The number of thiazole rings is 1. The maximum atomic E-state index is 12.5. The summed E-state index contributed by atoms with van der Waals surface area (Å²) in [5, 5.41) is 17.6. The first kappa shape index (κ1) is 19.6. The van der Waals surface area contributed by atoms with Gasteiger partial charge in [-0.15, -0.1) is 11.3 Å². The number of aromatic nitrogens is 2. The third kappa shape index (κ3) is 4.50. The van der Waals surface area contributed by atoms with E-state index >= 15 is 0 Å². The quantitative estimate of drug-likeness (QED) is 0.497. The lowest BCUT2D eigenvalue weighted by atomic mass is 10.1. The van der Waals surface area contributed by atoms with E-state index in [0.717, 1.165) is 34.1 Å². The SMILES string of the molecule is O=C(NCc1cccc[n+]1[O-])c1csc(-c2ccc(Cl)cc2N2CCOCC2)n1. The van der Waals surface area contributed by atoms with Crippen molar-refractivity contribution in [3.8, 4) is 10.6 Å². The number of anilines is 1. The molecule has 9 heteroatoms. The van der Waals surface area contributed by atoms with Crippen molar-refractivity contribution in [3.63, 3.8) is 0 Å². The molecule has 150 valence electrons. The Labute approximate surface area is 177 Å². The third-order valence-electron chi connectivity index (χ3n) is 4.61. The molecule has 1 aromatic carbocycles. The average Bonchev–Trinajstić information content (AvgIpc) is 3.24. The molecule has 29 heavy (non-hydrogen) atoms. The Morgan fingerprint density at radius 2 is 2.14 bits per heavy atom. The molecule has 0 saturated carbocycles. The number of pyridine rings is 1. The van der Waals surface area contributed by atoms with Gasteiger partial charge in [-0.1, -0.05) is 11.6 Å². The second kappa shape index (κ2) is 8.77. The van der Waals surface area contributed by atoms with Crippen molar-refractivity contribution < 1.29 is 14.3 Å². The van der Waals surface area contributed by atoms with E-state index in [0.29, 0.717) is 29.6 Å². The highest BCUT2D eigenvalue weighted by Crippen LogP contribution is 2.35. The minimum atomic E-state index is -0.321. The number of ether oxygens (including phenoxy) is 1. The molecule has 0 atom stereocenters. The normalized spacial score (nSPS) is 14.0. The van der Waals surface area contributed by atoms with Crippen LogP contribution in [0.25, 0.3) is 10.6 Å². The minimum absolute atomic E-state index is 0.135. The molecular formula is C20H19ClN4O3S. The summed E-state index contributed by atoms with van der Waals surface area (Å²) in [6.07, 6.45) is 1.40. The number of morpholine rings is 1. The fraction of sp³-hybridized carbons (Fsp3) is 0.250. The molecule has 1 fully saturated rings. The molecule has 7 nitrogen and oxygen atoms in total. The number of carbonyl (C=O) groups excluding carboxylic acids is 1. The van der Waals surface area contributed by atoms with Crippen molar-refractivity contribution in [3.05, 3.63) is 69.6 Å². The zero-order chi connectivity index (χ0) is 20.2. The molecule has 0 spiro atoms. The van der Waals surface area contributed by atoms with Crippen LogP contribution in [0.2, 0.25) is 5.02 Å². The van der Waals surface area contributed by atoms with E-state index in [-0.39, 0.29) is 12.5 Å². The molecule has 0 unspecified atom stereocenters. The smallest absolute Gasteiger partial charge is 0.271 e. The average molecular weight is 431 g/mol. The first-order valence-electron chi connectivity index (χ1n) is 9.15. The molecule has 1 saturated heterocycles. The van der Waals surface area contributed by atoms with E-state index in [1.54, 1.807) is 23.6 Å². The summed E-state index contributed by atoms with van der Waals surface area (Å²) in [5.41, 5.74) is 2.70. The molecule has 1 aliphatic heterocycles. The van der Waals surface area contributed by atoms with Gasteiger partial charge in [0.25, 0.3) is 5.91 Å². The van der Waals surface area contributed by atoms with Gasteiger partial charge in [-0.2, -0.15) is 4.73 Å². The second-order valence-corrected chi connectivity index (χ2v) is 7.79. The van der Waals surface area contributed by atoms with Crippen LogP contribution in [0, 0.1) is 5.21 Å². The molecule has 3 heterocycles. The highest BCUT2D eigenvalue weighted by atomic mass is 35.5. The Morgan fingerprint density at radius 1 is 1.31 bits per heavy atom. The molecule has 1 aliphatic rings. The monoisotopic (exact) mass is 430 g/mol. The summed E-state index contributed by atoms with van der Waals surface area (Å²) in [6, 6.07) is 10.7. The number of halogens is 1.